The molecule has 1 saturated heterocycles. The van der Waals surface area contributed by atoms with Crippen LogP contribution in [0.25, 0.3) is 6.08 Å². The molecule has 38 heavy (non-hydrogen) atoms. The maximum atomic E-state index is 13.0. The van der Waals surface area contributed by atoms with Gasteiger partial charge in [0.25, 0.3) is 11.8 Å². The lowest BCUT2D eigenvalue weighted by atomic mass is 10.1. The first-order valence-corrected chi connectivity index (χ1v) is 11.5. The zero-order chi connectivity index (χ0) is 27.2. The molecule has 1 aliphatic rings. The predicted molar refractivity (Wildman–Crippen MR) is 136 cm³/mol. The third kappa shape index (κ3) is 5.95. The number of anilines is 1. The van der Waals surface area contributed by atoms with Crippen molar-refractivity contribution in [1.82, 2.24) is 10.2 Å². The number of furan rings is 1. The van der Waals surface area contributed by atoms with Gasteiger partial charge in [-0.1, -0.05) is 29.8 Å². The molecular weight excluding hydrogens is 518 g/mol. The van der Waals surface area contributed by atoms with Crippen LogP contribution in [0.1, 0.15) is 21.9 Å². The molecule has 0 radical (unpaired) electrons. The lowest BCUT2D eigenvalue weighted by Crippen LogP contribution is -2.30. The van der Waals surface area contributed by atoms with Crippen molar-refractivity contribution in [3.8, 4) is 11.5 Å². The number of imide groups is 1. The van der Waals surface area contributed by atoms with Crippen molar-refractivity contribution in [1.29, 1.82) is 0 Å². The average molecular weight is 540 g/mol. The minimum Gasteiger partial charge on any atom is -0.493 e. The summed E-state index contributed by atoms with van der Waals surface area (Å²) in [6.45, 7) is -0.586. The van der Waals surface area contributed by atoms with Crippen LogP contribution in [0.4, 0.5) is 10.5 Å². The Hall–Kier alpha value is -4.77. The van der Waals surface area contributed by atoms with Gasteiger partial charge < -0.3 is 29.3 Å². The number of rotatable bonds is 9. The van der Waals surface area contributed by atoms with Gasteiger partial charge in [-0.3, -0.25) is 14.5 Å². The van der Waals surface area contributed by atoms with E-state index in [1.165, 1.54) is 44.6 Å². The topological polar surface area (TPSA) is 136 Å². The summed E-state index contributed by atoms with van der Waals surface area (Å²) in [6, 6.07) is 14.0. The summed E-state index contributed by atoms with van der Waals surface area (Å²) in [5.74, 6) is -1.26. The number of nitrogens with one attached hydrogen (secondary N) is 2. The number of para-hydroxylation sites is 1. The van der Waals surface area contributed by atoms with Gasteiger partial charge in [0.1, 0.15) is 11.5 Å². The second-order valence-electron chi connectivity index (χ2n) is 7.87. The Kier molecular flexibility index (Phi) is 7.97. The largest absolute Gasteiger partial charge is 0.493 e. The molecule has 0 aliphatic carbocycles. The highest BCUT2D eigenvalue weighted by atomic mass is 35.5. The number of methoxy groups -OCH3 is 2. The smallest absolute Gasteiger partial charge is 0.373 e. The first-order chi connectivity index (χ1) is 18.3. The van der Waals surface area contributed by atoms with E-state index in [0.717, 1.165) is 4.90 Å². The normalized spacial score (nSPS) is 13.9. The number of urea groups is 1. The van der Waals surface area contributed by atoms with Gasteiger partial charge >= 0.3 is 12.0 Å². The van der Waals surface area contributed by atoms with Gasteiger partial charge in [-0.15, -0.1) is 0 Å². The summed E-state index contributed by atoms with van der Waals surface area (Å²) in [4.78, 5) is 50.5. The molecule has 4 rings (SSSR count). The van der Waals surface area contributed by atoms with E-state index in [1.807, 2.05) is 6.07 Å². The predicted octanol–water partition coefficient (Wildman–Crippen LogP) is 3.84. The summed E-state index contributed by atoms with van der Waals surface area (Å²) in [5.41, 5.74) is 0.817. The molecule has 11 nitrogen and oxygen atoms in total. The van der Waals surface area contributed by atoms with Crippen LogP contribution in [0, 0.1) is 0 Å². The van der Waals surface area contributed by atoms with Crippen LogP contribution in [0.15, 0.2) is 64.7 Å². The van der Waals surface area contributed by atoms with Gasteiger partial charge in [-0.05, 0) is 36.4 Å². The van der Waals surface area contributed by atoms with E-state index in [-0.39, 0.29) is 46.9 Å². The van der Waals surface area contributed by atoms with Crippen LogP contribution in [-0.2, 0) is 20.9 Å². The van der Waals surface area contributed by atoms with E-state index < -0.39 is 23.8 Å². The van der Waals surface area contributed by atoms with Crippen molar-refractivity contribution in [3.63, 3.8) is 0 Å². The molecule has 2 aromatic carbocycles. The third-order valence-electron chi connectivity index (χ3n) is 5.30. The second kappa shape index (κ2) is 11.5. The number of nitrogens with zero attached hydrogens (tertiary/aromatic N) is 1. The van der Waals surface area contributed by atoms with Crippen LogP contribution < -0.4 is 20.1 Å². The molecular formula is C26H22ClN3O8. The Morgan fingerprint density at radius 1 is 1.11 bits per heavy atom. The maximum Gasteiger partial charge on any atom is 0.373 e. The minimum atomic E-state index is -0.698. The van der Waals surface area contributed by atoms with Crippen molar-refractivity contribution >= 4 is 47.2 Å². The molecule has 1 aliphatic heterocycles. The fraction of sp³-hybridized carbons (Fsp3) is 0.154. The molecule has 1 fully saturated rings. The average Bonchev–Trinajstić information content (AvgIpc) is 3.48. The van der Waals surface area contributed by atoms with Gasteiger partial charge in [-0.2, -0.15) is 0 Å². The number of hydrogen-bond donors (Lipinski definition) is 2. The number of benzene rings is 2. The monoisotopic (exact) mass is 539 g/mol. The molecule has 196 valence electrons. The first-order valence-electron chi connectivity index (χ1n) is 11.2. The van der Waals surface area contributed by atoms with E-state index in [9.17, 15) is 19.2 Å². The maximum absolute atomic E-state index is 13.0. The van der Waals surface area contributed by atoms with E-state index >= 15 is 0 Å². The van der Waals surface area contributed by atoms with Gasteiger partial charge in [0, 0.05) is 22.3 Å². The quantitative estimate of drug-likeness (QED) is 0.238. The number of ether oxygens (including phenoxy) is 3. The van der Waals surface area contributed by atoms with Crippen LogP contribution in [0.5, 0.6) is 11.5 Å². The number of carbonyl (C=O) groups excluding carboxylic acids is 4. The molecule has 0 unspecified atom stereocenters. The van der Waals surface area contributed by atoms with Crippen LogP contribution in [0.2, 0.25) is 5.02 Å². The van der Waals surface area contributed by atoms with E-state index in [1.54, 1.807) is 24.3 Å². The van der Waals surface area contributed by atoms with Crippen LogP contribution >= 0.6 is 11.6 Å². The van der Waals surface area contributed by atoms with E-state index in [4.69, 9.17) is 25.5 Å². The zero-order valence-electron chi connectivity index (χ0n) is 20.3. The van der Waals surface area contributed by atoms with Crippen molar-refractivity contribution in [2.24, 2.45) is 0 Å². The first kappa shape index (κ1) is 26.3. The molecule has 0 atom stereocenters. The molecule has 0 spiro atoms. The zero-order valence-corrected chi connectivity index (χ0v) is 21.0. The highest BCUT2D eigenvalue weighted by Crippen LogP contribution is 2.36. The Balaban J connectivity index is 1.54. The number of halogens is 1. The lowest BCUT2D eigenvalue weighted by Gasteiger charge is -2.14. The highest BCUT2D eigenvalue weighted by molar-refractivity contribution is 6.31. The summed E-state index contributed by atoms with van der Waals surface area (Å²) >= 11 is 6.22. The molecule has 0 saturated carbocycles. The van der Waals surface area contributed by atoms with Gasteiger partial charge in [0.2, 0.25) is 5.76 Å². The van der Waals surface area contributed by atoms with E-state index in [0.29, 0.717) is 11.3 Å². The van der Waals surface area contributed by atoms with Crippen molar-refractivity contribution in [3.05, 3.63) is 82.4 Å². The molecule has 3 aromatic rings. The van der Waals surface area contributed by atoms with Crippen molar-refractivity contribution in [2.75, 3.05) is 26.1 Å². The Labute approximate surface area is 221 Å². The van der Waals surface area contributed by atoms with Crippen LogP contribution in [0.3, 0.4) is 0 Å². The molecule has 2 heterocycles. The minimum absolute atomic E-state index is 0.0607. The number of esters is 1. The standard InChI is InChI=1S/C26H22ClN3O8/c1-35-21-12-16(27)10-15(23(21)37-14-22(31)28-17-6-4-3-5-7-17)11-19-24(32)30(26(34)29-19)13-18-8-9-20(38-18)25(33)36-2/h3-12H,13-14H2,1-2H3,(H,28,31)(H,29,34)/b19-11-. The summed E-state index contributed by atoms with van der Waals surface area (Å²) in [6.07, 6.45) is 1.36. The van der Waals surface area contributed by atoms with Gasteiger partial charge in [0.15, 0.2) is 18.1 Å². The Morgan fingerprint density at radius 3 is 2.58 bits per heavy atom. The Morgan fingerprint density at radius 2 is 1.87 bits per heavy atom. The number of carbonyl (C=O) groups is 4. The Bertz CT molecular complexity index is 1420. The number of hydrogen-bond acceptors (Lipinski definition) is 8. The van der Waals surface area contributed by atoms with E-state index in [2.05, 4.69) is 15.4 Å². The van der Waals surface area contributed by atoms with Gasteiger partial charge in [-0.25, -0.2) is 9.59 Å². The van der Waals surface area contributed by atoms with Gasteiger partial charge in [0.05, 0.1) is 20.8 Å². The molecule has 12 heteroatoms. The third-order valence-corrected chi connectivity index (χ3v) is 5.52. The molecule has 2 N–H and O–H groups in total. The molecule has 4 amide bonds. The fourth-order valence-electron chi connectivity index (χ4n) is 3.56. The second-order valence-corrected chi connectivity index (χ2v) is 8.30. The lowest BCUT2D eigenvalue weighted by molar-refractivity contribution is -0.123. The fourth-order valence-corrected chi connectivity index (χ4v) is 3.77. The van der Waals surface area contributed by atoms with Crippen molar-refractivity contribution < 1.29 is 37.8 Å². The van der Waals surface area contributed by atoms with Crippen LogP contribution in [-0.4, -0.2) is 49.5 Å². The summed E-state index contributed by atoms with van der Waals surface area (Å²) in [5, 5.41) is 5.47. The summed E-state index contributed by atoms with van der Waals surface area (Å²) in [7, 11) is 2.60. The molecule has 1 aromatic heterocycles. The summed E-state index contributed by atoms with van der Waals surface area (Å²) < 4.78 is 21.0. The SMILES string of the molecule is COC(=O)c1ccc(CN2C(=O)N/C(=C\c3cc(Cl)cc(OC)c3OCC(=O)Nc3ccccc3)C2=O)o1. The van der Waals surface area contributed by atoms with Crippen molar-refractivity contribution in [2.45, 2.75) is 6.54 Å². The number of amides is 4. The molecule has 0 bridgehead atoms. The highest BCUT2D eigenvalue weighted by Gasteiger charge is 2.35.